The van der Waals surface area contributed by atoms with Gasteiger partial charge in [-0.3, -0.25) is 4.79 Å². The van der Waals surface area contributed by atoms with Crippen LogP contribution >= 0.6 is 0 Å². The Labute approximate surface area is 122 Å². The summed E-state index contributed by atoms with van der Waals surface area (Å²) >= 11 is 0. The second-order valence-electron chi connectivity index (χ2n) is 6.40. The number of piperidine rings is 1. The Hall–Kier alpha value is -1.98. The molecule has 1 N–H and O–H groups in total. The zero-order chi connectivity index (χ0) is 14.3. The second-order valence-corrected chi connectivity index (χ2v) is 6.40. The van der Waals surface area contributed by atoms with Gasteiger partial charge in [-0.1, -0.05) is 12.8 Å². The molecule has 2 fully saturated rings. The number of fused-ring (bicyclic) bond motifs is 1. The predicted molar refractivity (Wildman–Crippen MR) is 77.7 cm³/mol. The number of amides is 1. The van der Waals surface area contributed by atoms with E-state index in [1.165, 1.54) is 32.1 Å². The smallest absolute Gasteiger partial charge is 0.272 e. The summed E-state index contributed by atoms with van der Waals surface area (Å²) in [6.45, 7) is 1.74. The number of nitrogens with one attached hydrogen (secondary N) is 1. The van der Waals surface area contributed by atoms with Crippen molar-refractivity contribution in [2.45, 2.75) is 38.5 Å². The molecule has 0 bridgehead atoms. The van der Waals surface area contributed by atoms with Gasteiger partial charge in [0.25, 0.3) is 5.91 Å². The summed E-state index contributed by atoms with van der Waals surface area (Å²) in [5, 5.41) is 10.5. The molecular formula is C15H19N5O. The molecule has 0 aromatic carbocycles. The molecule has 6 nitrogen and oxygen atoms in total. The molecule has 2 aromatic heterocycles. The molecule has 1 aliphatic heterocycles. The van der Waals surface area contributed by atoms with E-state index in [2.05, 4.69) is 20.4 Å². The molecule has 21 heavy (non-hydrogen) atoms. The highest BCUT2D eigenvalue weighted by Gasteiger charge is 2.39. The fraction of sp³-hybridized carbons (Fsp3) is 0.600. The number of likely N-dealkylation sites (tertiary alicyclic amines) is 1. The molecule has 1 spiro atoms. The van der Waals surface area contributed by atoms with Gasteiger partial charge in [-0.2, -0.15) is 10.3 Å². The molecule has 0 unspecified atom stereocenters. The van der Waals surface area contributed by atoms with Crippen LogP contribution in [-0.2, 0) is 0 Å². The largest absolute Gasteiger partial charge is 0.337 e. The Bertz CT molecular complexity index is 674. The van der Waals surface area contributed by atoms with E-state index in [1.54, 1.807) is 12.1 Å². The molecule has 110 valence electrons. The van der Waals surface area contributed by atoms with Crippen LogP contribution in [0.3, 0.4) is 0 Å². The third-order valence-corrected chi connectivity index (χ3v) is 5.01. The summed E-state index contributed by atoms with van der Waals surface area (Å²) in [5.74, 6) is 0.0332. The van der Waals surface area contributed by atoms with Crippen LogP contribution in [0.1, 0.15) is 49.0 Å². The topological polar surface area (TPSA) is 74.8 Å². The maximum absolute atomic E-state index is 12.7. The molecule has 2 aromatic rings. The third kappa shape index (κ3) is 2.18. The molecule has 6 heteroatoms. The van der Waals surface area contributed by atoms with Gasteiger partial charge in [0, 0.05) is 13.1 Å². The average Bonchev–Trinajstić information content (AvgIpc) is 3.15. The van der Waals surface area contributed by atoms with Crippen LogP contribution in [0.25, 0.3) is 11.2 Å². The second kappa shape index (κ2) is 4.79. The van der Waals surface area contributed by atoms with E-state index in [1.807, 2.05) is 4.90 Å². The minimum atomic E-state index is 0.0332. The van der Waals surface area contributed by atoms with Crippen LogP contribution in [0.5, 0.6) is 0 Å². The number of carbonyl (C=O) groups is 1. The van der Waals surface area contributed by atoms with Crippen LogP contribution < -0.4 is 0 Å². The lowest BCUT2D eigenvalue weighted by Gasteiger charge is -2.40. The van der Waals surface area contributed by atoms with Crippen LogP contribution in [-0.4, -0.2) is 44.3 Å². The van der Waals surface area contributed by atoms with Crippen molar-refractivity contribution in [3.05, 3.63) is 17.8 Å². The quantitative estimate of drug-likeness (QED) is 0.871. The lowest BCUT2D eigenvalue weighted by atomic mass is 9.78. The zero-order valence-corrected chi connectivity index (χ0v) is 12.0. The fourth-order valence-electron chi connectivity index (χ4n) is 3.93. The number of aromatic nitrogens is 4. The van der Waals surface area contributed by atoms with E-state index in [-0.39, 0.29) is 5.91 Å². The van der Waals surface area contributed by atoms with Gasteiger partial charge in [-0.05, 0) is 43.2 Å². The summed E-state index contributed by atoms with van der Waals surface area (Å²) in [7, 11) is 0. The first kappa shape index (κ1) is 12.7. The molecular weight excluding hydrogens is 266 g/mol. The van der Waals surface area contributed by atoms with Crippen molar-refractivity contribution in [2.24, 2.45) is 5.41 Å². The van der Waals surface area contributed by atoms with Crippen molar-refractivity contribution >= 4 is 17.1 Å². The third-order valence-electron chi connectivity index (χ3n) is 5.01. The number of rotatable bonds is 1. The minimum Gasteiger partial charge on any atom is -0.337 e. The molecule has 4 rings (SSSR count). The minimum absolute atomic E-state index is 0.0332. The van der Waals surface area contributed by atoms with Gasteiger partial charge in [0.05, 0.1) is 0 Å². The van der Waals surface area contributed by atoms with Gasteiger partial charge < -0.3 is 4.90 Å². The number of nitrogens with zero attached hydrogens (tertiary/aromatic N) is 4. The van der Waals surface area contributed by atoms with Crippen LogP contribution in [0.2, 0.25) is 0 Å². The molecule has 1 saturated carbocycles. The highest BCUT2D eigenvalue weighted by Crippen LogP contribution is 2.44. The Balaban J connectivity index is 1.58. The summed E-state index contributed by atoms with van der Waals surface area (Å²) in [5.41, 5.74) is 2.06. The van der Waals surface area contributed by atoms with Crippen molar-refractivity contribution in [1.29, 1.82) is 0 Å². The van der Waals surface area contributed by atoms with E-state index in [4.69, 9.17) is 0 Å². The molecule has 0 atom stereocenters. The standard InChI is InChI=1S/C15H19N5O/c21-14(12-5-4-11-13(16-12)18-19-17-11)20-9-3-8-15(10-20)6-1-2-7-15/h4-5H,1-3,6-10H2,(H,16,17,18,19). The van der Waals surface area contributed by atoms with E-state index < -0.39 is 0 Å². The summed E-state index contributed by atoms with van der Waals surface area (Å²) in [6.07, 6.45) is 7.54. The lowest BCUT2D eigenvalue weighted by Crippen LogP contribution is -2.45. The van der Waals surface area contributed by atoms with Gasteiger partial charge in [0.1, 0.15) is 11.2 Å². The normalized spacial score (nSPS) is 21.2. The van der Waals surface area contributed by atoms with Gasteiger partial charge in [-0.15, -0.1) is 5.10 Å². The summed E-state index contributed by atoms with van der Waals surface area (Å²) < 4.78 is 0. The van der Waals surface area contributed by atoms with Crippen molar-refractivity contribution in [2.75, 3.05) is 13.1 Å². The Kier molecular flexibility index (Phi) is 2.90. The number of H-pyrrole nitrogens is 1. The predicted octanol–water partition coefficient (Wildman–Crippen LogP) is 2.15. The Morgan fingerprint density at radius 2 is 1.95 bits per heavy atom. The first-order chi connectivity index (χ1) is 10.3. The van der Waals surface area contributed by atoms with Crippen molar-refractivity contribution in [1.82, 2.24) is 25.3 Å². The van der Waals surface area contributed by atoms with E-state index in [9.17, 15) is 4.79 Å². The van der Waals surface area contributed by atoms with E-state index in [0.717, 1.165) is 19.5 Å². The summed E-state index contributed by atoms with van der Waals surface area (Å²) in [4.78, 5) is 19.0. The average molecular weight is 285 g/mol. The van der Waals surface area contributed by atoms with E-state index in [0.29, 0.717) is 22.3 Å². The molecule has 3 heterocycles. The highest BCUT2D eigenvalue weighted by molar-refractivity contribution is 5.94. The van der Waals surface area contributed by atoms with Gasteiger partial charge in [-0.25, -0.2) is 4.98 Å². The molecule has 0 radical (unpaired) electrons. The number of aromatic amines is 1. The highest BCUT2D eigenvalue weighted by atomic mass is 16.2. The van der Waals surface area contributed by atoms with Gasteiger partial charge >= 0.3 is 0 Å². The number of hydrogen-bond donors (Lipinski definition) is 1. The van der Waals surface area contributed by atoms with Crippen LogP contribution in [0.15, 0.2) is 12.1 Å². The lowest BCUT2D eigenvalue weighted by molar-refractivity contribution is 0.0520. The SMILES string of the molecule is O=C(c1ccc2n[nH]nc2n1)N1CCCC2(CCCC2)C1. The van der Waals surface area contributed by atoms with Crippen molar-refractivity contribution in [3.8, 4) is 0 Å². The molecule has 1 amide bonds. The maximum atomic E-state index is 12.7. The summed E-state index contributed by atoms with van der Waals surface area (Å²) in [6, 6.07) is 3.55. The Morgan fingerprint density at radius 1 is 1.14 bits per heavy atom. The van der Waals surface area contributed by atoms with Gasteiger partial charge in [0.2, 0.25) is 5.65 Å². The van der Waals surface area contributed by atoms with Crippen LogP contribution in [0.4, 0.5) is 0 Å². The maximum Gasteiger partial charge on any atom is 0.272 e. The van der Waals surface area contributed by atoms with Crippen LogP contribution in [0, 0.1) is 5.41 Å². The van der Waals surface area contributed by atoms with Crippen molar-refractivity contribution in [3.63, 3.8) is 0 Å². The number of pyridine rings is 1. The first-order valence-electron chi connectivity index (χ1n) is 7.73. The molecule has 2 aliphatic rings. The monoisotopic (exact) mass is 285 g/mol. The van der Waals surface area contributed by atoms with E-state index >= 15 is 0 Å². The Morgan fingerprint density at radius 3 is 2.81 bits per heavy atom. The zero-order valence-electron chi connectivity index (χ0n) is 12.0. The molecule has 1 saturated heterocycles. The fourth-order valence-corrected chi connectivity index (χ4v) is 3.93. The van der Waals surface area contributed by atoms with Crippen molar-refractivity contribution < 1.29 is 4.79 Å². The molecule has 1 aliphatic carbocycles. The number of hydrogen-bond acceptors (Lipinski definition) is 4. The van der Waals surface area contributed by atoms with Gasteiger partial charge in [0.15, 0.2) is 0 Å². The number of carbonyl (C=O) groups excluding carboxylic acids is 1. The first-order valence-corrected chi connectivity index (χ1v) is 7.73.